The van der Waals surface area contributed by atoms with Gasteiger partial charge < -0.3 is 9.15 Å². The molecule has 0 saturated carbocycles. The number of sulfonamides is 1. The highest BCUT2D eigenvalue weighted by atomic mass is 32.2. The number of benzene rings is 2. The predicted molar refractivity (Wildman–Crippen MR) is 104 cm³/mol. The number of aromatic nitrogens is 1. The molecule has 1 aliphatic rings. The average Bonchev–Trinajstić information content (AvgIpc) is 3.37. The molecule has 0 atom stereocenters. The Kier molecular flexibility index (Phi) is 3.70. The van der Waals surface area contributed by atoms with E-state index in [1.54, 1.807) is 24.4 Å². The molecule has 0 saturated heterocycles. The van der Waals surface area contributed by atoms with Crippen molar-refractivity contribution in [1.82, 2.24) is 4.98 Å². The monoisotopic (exact) mass is 398 g/mol. The third-order valence-electron chi connectivity index (χ3n) is 4.44. The molecule has 0 aliphatic carbocycles. The highest BCUT2D eigenvalue weighted by Gasteiger charge is 2.32. The fraction of sp³-hybridized carbons (Fsp3) is 0.105. The molecule has 0 bridgehead atoms. The molecule has 2 aromatic carbocycles. The molecule has 0 amide bonds. The lowest BCUT2D eigenvalue weighted by atomic mass is 10.1. The van der Waals surface area contributed by atoms with Crippen molar-refractivity contribution in [3.8, 4) is 17.1 Å². The van der Waals surface area contributed by atoms with Crippen LogP contribution in [0.4, 0.5) is 5.69 Å². The number of fused-ring (bicyclic) bond motifs is 2. The Balaban J connectivity index is 1.62. The number of ether oxygens (including phenoxy) is 1. The lowest BCUT2D eigenvalue weighted by Crippen LogP contribution is -2.37. The number of oxazole rings is 1. The number of nitrogens with zero attached hydrogens (tertiary/aromatic N) is 2. The molecule has 136 valence electrons. The van der Waals surface area contributed by atoms with E-state index in [9.17, 15) is 8.42 Å². The van der Waals surface area contributed by atoms with Gasteiger partial charge in [0, 0.05) is 10.3 Å². The van der Waals surface area contributed by atoms with Gasteiger partial charge in [0.2, 0.25) is 0 Å². The summed E-state index contributed by atoms with van der Waals surface area (Å²) in [6.45, 7) is 0.558. The molecule has 2 aromatic heterocycles. The van der Waals surface area contributed by atoms with Gasteiger partial charge in [0.25, 0.3) is 10.0 Å². The Bertz CT molecular complexity index is 1200. The number of anilines is 1. The second-order valence-electron chi connectivity index (χ2n) is 6.08. The fourth-order valence-electron chi connectivity index (χ4n) is 3.15. The molecule has 0 N–H and O–H groups in total. The molecule has 6 nitrogen and oxygen atoms in total. The van der Waals surface area contributed by atoms with Gasteiger partial charge in [0.05, 0.1) is 18.4 Å². The first-order valence-electron chi connectivity index (χ1n) is 8.30. The zero-order chi connectivity index (χ0) is 18.4. The van der Waals surface area contributed by atoms with Crippen LogP contribution in [0.15, 0.2) is 69.7 Å². The summed E-state index contributed by atoms with van der Waals surface area (Å²) < 4.78 is 40.4. The van der Waals surface area contributed by atoms with Gasteiger partial charge in [0.15, 0.2) is 12.2 Å². The maximum absolute atomic E-state index is 13.4. The van der Waals surface area contributed by atoms with Gasteiger partial charge in [-0.1, -0.05) is 18.2 Å². The fourth-order valence-corrected chi connectivity index (χ4v) is 6.11. The smallest absolute Gasteiger partial charge is 0.274 e. The van der Waals surface area contributed by atoms with Crippen molar-refractivity contribution in [3.63, 3.8) is 0 Å². The van der Waals surface area contributed by atoms with Crippen LogP contribution in [0.3, 0.4) is 0 Å². The van der Waals surface area contributed by atoms with Gasteiger partial charge in [-0.15, -0.1) is 11.3 Å². The normalized spacial score (nSPS) is 14.1. The van der Waals surface area contributed by atoms with Crippen LogP contribution in [0.25, 0.3) is 21.4 Å². The van der Waals surface area contributed by atoms with Crippen LogP contribution in [0.2, 0.25) is 0 Å². The van der Waals surface area contributed by atoms with Crippen molar-refractivity contribution in [2.45, 2.75) is 4.21 Å². The van der Waals surface area contributed by atoms with Crippen LogP contribution in [0.1, 0.15) is 0 Å². The molecule has 0 fully saturated rings. The molecule has 4 aromatic rings. The third kappa shape index (κ3) is 2.68. The number of thiophene rings is 1. The predicted octanol–water partition coefficient (Wildman–Crippen LogP) is 4.14. The Labute approximate surface area is 159 Å². The molecule has 27 heavy (non-hydrogen) atoms. The zero-order valence-electron chi connectivity index (χ0n) is 14.0. The van der Waals surface area contributed by atoms with E-state index in [0.29, 0.717) is 28.0 Å². The Morgan fingerprint density at radius 2 is 2.00 bits per heavy atom. The molecule has 8 heteroatoms. The van der Waals surface area contributed by atoms with Gasteiger partial charge in [-0.05, 0) is 35.7 Å². The van der Waals surface area contributed by atoms with Crippen LogP contribution >= 0.6 is 11.3 Å². The minimum absolute atomic E-state index is 0.253. The van der Waals surface area contributed by atoms with E-state index in [2.05, 4.69) is 4.98 Å². The SMILES string of the molecule is O=S(=O)(c1cc2ccccc2s1)N1CCOc2ccc(-c3cnco3)cc21. The van der Waals surface area contributed by atoms with Crippen LogP contribution in [-0.4, -0.2) is 26.6 Å². The van der Waals surface area contributed by atoms with Gasteiger partial charge >= 0.3 is 0 Å². The molecular weight excluding hydrogens is 384 g/mol. The average molecular weight is 398 g/mol. The Morgan fingerprint density at radius 3 is 2.81 bits per heavy atom. The number of hydrogen-bond acceptors (Lipinski definition) is 6. The number of rotatable bonds is 3. The first-order valence-corrected chi connectivity index (χ1v) is 10.6. The standard InChI is InChI=1S/C19H14N2O4S2/c22-27(23,19-10-14-3-1-2-4-18(14)26-19)21-7-8-24-16-6-5-13(9-15(16)21)17-11-20-12-25-17/h1-6,9-12H,7-8H2. The molecule has 3 heterocycles. The van der Waals surface area contributed by atoms with Crippen LogP contribution in [0.5, 0.6) is 5.75 Å². The van der Waals surface area contributed by atoms with E-state index in [1.165, 1.54) is 22.0 Å². The lowest BCUT2D eigenvalue weighted by molar-refractivity contribution is 0.316. The van der Waals surface area contributed by atoms with E-state index < -0.39 is 10.0 Å². The van der Waals surface area contributed by atoms with Crippen molar-refractivity contribution in [3.05, 3.63) is 61.1 Å². The maximum Gasteiger partial charge on any atom is 0.274 e. The third-order valence-corrected chi connectivity index (χ3v) is 7.82. The van der Waals surface area contributed by atoms with E-state index in [4.69, 9.17) is 9.15 Å². The Hall–Kier alpha value is -2.84. The topological polar surface area (TPSA) is 72.6 Å². The van der Waals surface area contributed by atoms with E-state index >= 15 is 0 Å². The van der Waals surface area contributed by atoms with Crippen molar-refractivity contribution in [2.24, 2.45) is 0 Å². The summed E-state index contributed by atoms with van der Waals surface area (Å²) in [5.74, 6) is 1.11. The van der Waals surface area contributed by atoms with Crippen LogP contribution in [-0.2, 0) is 10.0 Å². The molecule has 0 radical (unpaired) electrons. The summed E-state index contributed by atoms with van der Waals surface area (Å²) in [7, 11) is -3.70. The molecule has 0 spiro atoms. The van der Waals surface area contributed by atoms with Crippen molar-refractivity contribution < 1.29 is 17.6 Å². The van der Waals surface area contributed by atoms with Gasteiger partial charge in [-0.25, -0.2) is 13.4 Å². The zero-order valence-corrected chi connectivity index (χ0v) is 15.7. The minimum Gasteiger partial charge on any atom is -0.489 e. The number of hydrogen-bond donors (Lipinski definition) is 0. The highest BCUT2D eigenvalue weighted by molar-refractivity contribution is 7.95. The van der Waals surface area contributed by atoms with Crippen LogP contribution < -0.4 is 9.04 Å². The Morgan fingerprint density at radius 1 is 1.11 bits per heavy atom. The quantitative estimate of drug-likeness (QED) is 0.518. The summed E-state index contributed by atoms with van der Waals surface area (Å²) in [6, 6.07) is 14.7. The lowest BCUT2D eigenvalue weighted by Gasteiger charge is -2.30. The maximum atomic E-state index is 13.4. The molecule has 0 unspecified atom stereocenters. The van der Waals surface area contributed by atoms with Gasteiger partial charge in [-0.2, -0.15) is 0 Å². The first-order chi connectivity index (χ1) is 13.1. The molecule has 1 aliphatic heterocycles. The van der Waals surface area contributed by atoms with E-state index in [-0.39, 0.29) is 6.54 Å². The highest BCUT2D eigenvalue weighted by Crippen LogP contribution is 2.40. The van der Waals surface area contributed by atoms with Gasteiger partial charge in [0.1, 0.15) is 16.6 Å². The van der Waals surface area contributed by atoms with E-state index in [1.807, 2.05) is 30.3 Å². The molecule has 5 rings (SSSR count). The summed E-state index contributed by atoms with van der Waals surface area (Å²) >= 11 is 1.28. The second-order valence-corrected chi connectivity index (χ2v) is 9.25. The first kappa shape index (κ1) is 16.3. The van der Waals surface area contributed by atoms with Gasteiger partial charge in [-0.3, -0.25) is 4.31 Å². The summed E-state index contributed by atoms with van der Waals surface area (Å²) in [6.07, 6.45) is 2.94. The van der Waals surface area contributed by atoms with E-state index in [0.717, 1.165) is 15.6 Å². The summed E-state index contributed by atoms with van der Waals surface area (Å²) in [5.41, 5.74) is 1.25. The summed E-state index contributed by atoms with van der Waals surface area (Å²) in [5, 5.41) is 0.921. The minimum atomic E-state index is -3.70. The largest absolute Gasteiger partial charge is 0.489 e. The van der Waals surface area contributed by atoms with Crippen molar-refractivity contribution in [2.75, 3.05) is 17.5 Å². The molecular formula is C19H14N2O4S2. The van der Waals surface area contributed by atoms with Crippen LogP contribution in [0, 0.1) is 0 Å². The van der Waals surface area contributed by atoms with Crippen molar-refractivity contribution in [1.29, 1.82) is 0 Å². The summed E-state index contributed by atoms with van der Waals surface area (Å²) in [4.78, 5) is 3.92. The van der Waals surface area contributed by atoms with Crippen molar-refractivity contribution >= 4 is 37.1 Å². The second kappa shape index (κ2) is 6.11.